The molecule has 0 spiro atoms. The molecule has 6 nitrogen and oxygen atoms in total. The summed E-state index contributed by atoms with van der Waals surface area (Å²) in [6, 6.07) is 10.5. The second-order valence-corrected chi connectivity index (χ2v) is 9.68. The minimum absolute atomic E-state index is 0.172. The Bertz CT molecular complexity index is 1080. The molecule has 0 N–H and O–H groups in total. The Morgan fingerprint density at radius 3 is 2.52 bits per heavy atom. The number of fused-ring (bicyclic) bond motifs is 1. The monoisotopic (exact) mass is 468 g/mol. The SMILES string of the molecule is O=S(=O)(c1ccccc1Cl)N1CCN(Cc2cn3cc(Br)ccc3n2)CC1. The van der Waals surface area contributed by atoms with Crippen LogP contribution in [-0.2, 0) is 16.6 Å². The highest BCUT2D eigenvalue weighted by atomic mass is 79.9. The lowest BCUT2D eigenvalue weighted by atomic mass is 10.3. The number of nitrogens with zero attached hydrogens (tertiary/aromatic N) is 4. The van der Waals surface area contributed by atoms with E-state index in [0.29, 0.717) is 32.7 Å². The van der Waals surface area contributed by atoms with Crippen LogP contribution in [0.2, 0.25) is 5.02 Å². The molecule has 3 heterocycles. The van der Waals surface area contributed by atoms with Gasteiger partial charge in [-0.3, -0.25) is 4.90 Å². The standard InChI is InChI=1S/C18H18BrClN4O2S/c19-14-5-6-18-21-15(13-23(18)11-14)12-22-7-9-24(10-8-22)27(25,26)17-4-2-1-3-16(17)20/h1-6,11,13H,7-10,12H2. The summed E-state index contributed by atoms with van der Waals surface area (Å²) in [5.41, 5.74) is 1.86. The van der Waals surface area contributed by atoms with Gasteiger partial charge in [-0.15, -0.1) is 0 Å². The number of aromatic nitrogens is 2. The summed E-state index contributed by atoms with van der Waals surface area (Å²) in [6.07, 6.45) is 3.98. The van der Waals surface area contributed by atoms with E-state index in [1.165, 1.54) is 4.31 Å². The molecule has 2 aromatic heterocycles. The molecule has 0 amide bonds. The maximum absolute atomic E-state index is 12.8. The number of halogens is 2. The number of hydrogen-bond donors (Lipinski definition) is 0. The zero-order valence-electron chi connectivity index (χ0n) is 14.4. The number of hydrogen-bond acceptors (Lipinski definition) is 4. The Morgan fingerprint density at radius 2 is 1.78 bits per heavy atom. The van der Waals surface area contributed by atoms with Gasteiger partial charge in [-0.1, -0.05) is 23.7 Å². The molecule has 3 aromatic rings. The normalized spacial score (nSPS) is 16.8. The van der Waals surface area contributed by atoms with Crippen LogP contribution in [0.25, 0.3) is 5.65 Å². The van der Waals surface area contributed by atoms with E-state index in [2.05, 4.69) is 25.8 Å². The van der Waals surface area contributed by atoms with Crippen molar-refractivity contribution < 1.29 is 8.42 Å². The van der Waals surface area contributed by atoms with E-state index in [4.69, 9.17) is 11.6 Å². The van der Waals surface area contributed by atoms with Crippen molar-refractivity contribution in [2.45, 2.75) is 11.4 Å². The van der Waals surface area contributed by atoms with Crippen molar-refractivity contribution in [3.05, 3.63) is 64.0 Å². The third-order valence-corrected chi connectivity index (χ3v) is 7.50. The minimum atomic E-state index is -3.56. The lowest BCUT2D eigenvalue weighted by Gasteiger charge is -2.33. The smallest absolute Gasteiger partial charge is 0.244 e. The van der Waals surface area contributed by atoms with E-state index >= 15 is 0 Å². The van der Waals surface area contributed by atoms with Crippen LogP contribution >= 0.6 is 27.5 Å². The predicted molar refractivity (Wildman–Crippen MR) is 108 cm³/mol. The van der Waals surface area contributed by atoms with Crippen LogP contribution in [-0.4, -0.2) is 53.2 Å². The molecule has 0 saturated carbocycles. The van der Waals surface area contributed by atoms with Crippen LogP contribution in [0.4, 0.5) is 0 Å². The highest BCUT2D eigenvalue weighted by Crippen LogP contribution is 2.25. The van der Waals surface area contributed by atoms with Crippen LogP contribution < -0.4 is 0 Å². The van der Waals surface area contributed by atoms with Gasteiger partial charge >= 0.3 is 0 Å². The van der Waals surface area contributed by atoms with Gasteiger partial charge in [-0.25, -0.2) is 13.4 Å². The van der Waals surface area contributed by atoms with Crippen molar-refractivity contribution in [2.75, 3.05) is 26.2 Å². The van der Waals surface area contributed by atoms with Crippen molar-refractivity contribution in [3.63, 3.8) is 0 Å². The predicted octanol–water partition coefficient (Wildman–Crippen LogP) is 3.26. The Kier molecular flexibility index (Phi) is 5.26. The molecule has 1 aromatic carbocycles. The van der Waals surface area contributed by atoms with Gasteiger partial charge in [0.25, 0.3) is 0 Å². The first-order chi connectivity index (χ1) is 12.9. The molecule has 1 aliphatic heterocycles. The summed E-state index contributed by atoms with van der Waals surface area (Å²) in [5, 5.41) is 0.260. The van der Waals surface area contributed by atoms with Crippen molar-refractivity contribution in [2.24, 2.45) is 0 Å². The lowest BCUT2D eigenvalue weighted by molar-refractivity contribution is 0.180. The molecule has 1 fully saturated rings. The summed E-state index contributed by atoms with van der Waals surface area (Å²) in [5.74, 6) is 0. The van der Waals surface area contributed by atoms with Gasteiger partial charge in [0.1, 0.15) is 10.5 Å². The van der Waals surface area contributed by atoms with Crippen LogP contribution in [0.3, 0.4) is 0 Å². The van der Waals surface area contributed by atoms with Crippen molar-refractivity contribution in [1.29, 1.82) is 0 Å². The Morgan fingerprint density at radius 1 is 1.04 bits per heavy atom. The molecule has 1 saturated heterocycles. The van der Waals surface area contributed by atoms with Crippen molar-refractivity contribution in [1.82, 2.24) is 18.6 Å². The highest BCUT2D eigenvalue weighted by molar-refractivity contribution is 9.10. The molecule has 27 heavy (non-hydrogen) atoms. The number of rotatable bonds is 4. The molecule has 0 aliphatic carbocycles. The van der Waals surface area contributed by atoms with Gasteiger partial charge in [0.15, 0.2) is 0 Å². The van der Waals surface area contributed by atoms with Crippen LogP contribution in [0.1, 0.15) is 5.69 Å². The maximum Gasteiger partial charge on any atom is 0.244 e. The zero-order valence-corrected chi connectivity index (χ0v) is 17.6. The topological polar surface area (TPSA) is 57.9 Å². The average molecular weight is 470 g/mol. The highest BCUT2D eigenvalue weighted by Gasteiger charge is 2.30. The fourth-order valence-corrected chi connectivity index (χ4v) is 5.51. The molecule has 4 rings (SSSR count). The second-order valence-electron chi connectivity index (χ2n) is 6.46. The van der Waals surface area contributed by atoms with Gasteiger partial charge in [-0.05, 0) is 40.2 Å². The molecule has 9 heteroatoms. The van der Waals surface area contributed by atoms with Crippen molar-refractivity contribution >= 4 is 43.2 Å². The first kappa shape index (κ1) is 18.9. The van der Waals surface area contributed by atoms with E-state index in [0.717, 1.165) is 15.8 Å². The van der Waals surface area contributed by atoms with Crippen LogP contribution in [0.15, 0.2) is 58.2 Å². The summed E-state index contributed by atoms with van der Waals surface area (Å²) < 4.78 is 30.1. The van der Waals surface area contributed by atoms with E-state index in [1.54, 1.807) is 24.3 Å². The van der Waals surface area contributed by atoms with Gasteiger partial charge < -0.3 is 4.40 Å². The fourth-order valence-electron chi connectivity index (χ4n) is 3.24. The lowest BCUT2D eigenvalue weighted by Crippen LogP contribution is -2.48. The molecule has 0 unspecified atom stereocenters. The van der Waals surface area contributed by atoms with E-state index in [1.807, 2.05) is 28.9 Å². The molecule has 0 radical (unpaired) electrons. The third-order valence-electron chi connectivity index (χ3n) is 4.64. The van der Waals surface area contributed by atoms with Gasteiger partial charge in [-0.2, -0.15) is 4.31 Å². The number of benzene rings is 1. The molecular formula is C18H18BrClN4O2S. The Balaban J connectivity index is 1.43. The number of imidazole rings is 1. The summed E-state index contributed by atoms with van der Waals surface area (Å²) in [4.78, 5) is 7.02. The summed E-state index contributed by atoms with van der Waals surface area (Å²) in [6.45, 7) is 2.88. The van der Waals surface area contributed by atoms with Crippen LogP contribution in [0.5, 0.6) is 0 Å². The largest absolute Gasteiger partial charge is 0.306 e. The van der Waals surface area contributed by atoms with Gasteiger partial charge in [0, 0.05) is 49.6 Å². The summed E-state index contributed by atoms with van der Waals surface area (Å²) >= 11 is 9.54. The van der Waals surface area contributed by atoms with Crippen molar-refractivity contribution in [3.8, 4) is 0 Å². The third kappa shape index (κ3) is 3.90. The van der Waals surface area contributed by atoms with Gasteiger partial charge in [0.05, 0.1) is 10.7 Å². The summed E-state index contributed by atoms with van der Waals surface area (Å²) in [7, 11) is -3.56. The number of sulfonamides is 1. The molecular weight excluding hydrogens is 452 g/mol. The van der Waals surface area contributed by atoms with E-state index < -0.39 is 10.0 Å². The maximum atomic E-state index is 12.8. The second kappa shape index (κ2) is 7.52. The quantitative estimate of drug-likeness (QED) is 0.588. The fraction of sp³-hybridized carbons (Fsp3) is 0.278. The van der Waals surface area contributed by atoms with E-state index in [-0.39, 0.29) is 9.92 Å². The average Bonchev–Trinajstić information content (AvgIpc) is 3.03. The first-order valence-corrected chi connectivity index (χ1v) is 11.1. The zero-order chi connectivity index (χ0) is 19.0. The Labute approximate surface area is 171 Å². The molecule has 0 bridgehead atoms. The number of piperazine rings is 1. The number of pyridine rings is 1. The molecule has 1 aliphatic rings. The Hall–Kier alpha value is -1.45. The van der Waals surface area contributed by atoms with E-state index in [9.17, 15) is 8.42 Å². The van der Waals surface area contributed by atoms with Gasteiger partial charge in [0.2, 0.25) is 10.0 Å². The minimum Gasteiger partial charge on any atom is -0.306 e. The molecule has 0 atom stereocenters. The van der Waals surface area contributed by atoms with Crippen LogP contribution in [0, 0.1) is 0 Å². The molecule has 142 valence electrons. The first-order valence-electron chi connectivity index (χ1n) is 8.54.